The van der Waals surface area contributed by atoms with Gasteiger partial charge in [0.2, 0.25) is 12.1 Å². The summed E-state index contributed by atoms with van der Waals surface area (Å²) in [6.45, 7) is 0. The molecule has 0 radical (unpaired) electrons. The fourth-order valence-corrected chi connectivity index (χ4v) is 2.13. The van der Waals surface area contributed by atoms with Crippen LogP contribution < -0.4 is 15.6 Å². The lowest BCUT2D eigenvalue weighted by atomic mass is 10.00. The zero-order valence-corrected chi connectivity index (χ0v) is 11.9. The van der Waals surface area contributed by atoms with Gasteiger partial charge in [-0.15, -0.1) is 0 Å². The number of para-hydroxylation sites is 1. The molecule has 0 bridgehead atoms. The van der Waals surface area contributed by atoms with Gasteiger partial charge in [0.15, 0.2) is 0 Å². The molecule has 0 aliphatic carbocycles. The molecule has 1 aromatic carbocycles. The van der Waals surface area contributed by atoms with E-state index >= 15 is 0 Å². The first-order chi connectivity index (χ1) is 10.8. The lowest BCUT2D eigenvalue weighted by Gasteiger charge is -2.26. The summed E-state index contributed by atoms with van der Waals surface area (Å²) >= 11 is 0. The van der Waals surface area contributed by atoms with Crippen LogP contribution in [0.15, 0.2) is 60.4 Å². The number of Topliss-reactive ketones (excluding diaryl/α,β-unsaturated/α-hetero) is 1. The molecule has 0 saturated carbocycles. The first kappa shape index (κ1) is 14.1. The highest BCUT2D eigenvalue weighted by Crippen LogP contribution is 2.30. The first-order valence-electron chi connectivity index (χ1n) is 6.75. The Labute approximate surface area is 127 Å². The highest BCUT2D eigenvalue weighted by molar-refractivity contribution is 6.11. The minimum Gasteiger partial charge on any atom is -0.460 e. The van der Waals surface area contributed by atoms with Gasteiger partial charge in [0.25, 0.3) is 0 Å². The molecular formula is C16H15N3O3. The second kappa shape index (κ2) is 6.28. The Morgan fingerprint density at radius 3 is 2.82 bits per heavy atom. The second-order valence-corrected chi connectivity index (χ2v) is 4.59. The van der Waals surface area contributed by atoms with E-state index in [-0.39, 0.29) is 5.78 Å². The van der Waals surface area contributed by atoms with Crippen molar-refractivity contribution >= 4 is 11.6 Å². The number of hydrazine groups is 1. The number of nitrogens with one attached hydrogen (secondary N) is 2. The molecule has 6 heteroatoms. The Morgan fingerprint density at radius 2 is 2.05 bits per heavy atom. The maximum absolute atomic E-state index is 12.5. The van der Waals surface area contributed by atoms with Gasteiger partial charge in [-0.25, -0.2) is 4.98 Å². The predicted octanol–water partition coefficient (Wildman–Crippen LogP) is 2.13. The van der Waals surface area contributed by atoms with E-state index in [0.717, 1.165) is 0 Å². The lowest BCUT2D eigenvalue weighted by Crippen LogP contribution is -2.33. The summed E-state index contributed by atoms with van der Waals surface area (Å²) in [6, 6.07) is 12.6. The molecule has 0 amide bonds. The summed E-state index contributed by atoms with van der Waals surface area (Å²) in [5, 5.41) is 0. The molecule has 22 heavy (non-hydrogen) atoms. The van der Waals surface area contributed by atoms with Crippen LogP contribution in [0.5, 0.6) is 5.75 Å². The number of ether oxygens (including phenoxy) is 2. The van der Waals surface area contributed by atoms with E-state index in [1.54, 1.807) is 30.5 Å². The van der Waals surface area contributed by atoms with Gasteiger partial charge in [-0.05, 0) is 24.3 Å². The van der Waals surface area contributed by atoms with Crippen molar-refractivity contribution in [1.29, 1.82) is 0 Å². The van der Waals surface area contributed by atoms with E-state index in [4.69, 9.17) is 9.47 Å². The number of rotatable bonds is 4. The van der Waals surface area contributed by atoms with E-state index in [0.29, 0.717) is 22.7 Å². The van der Waals surface area contributed by atoms with E-state index < -0.39 is 6.29 Å². The Morgan fingerprint density at radius 1 is 1.23 bits per heavy atom. The zero-order chi connectivity index (χ0) is 15.4. The number of anilines is 1. The maximum atomic E-state index is 12.5. The van der Waals surface area contributed by atoms with Gasteiger partial charge >= 0.3 is 0 Å². The van der Waals surface area contributed by atoms with Crippen molar-refractivity contribution in [3.8, 4) is 5.75 Å². The molecule has 1 aliphatic heterocycles. The van der Waals surface area contributed by atoms with Crippen LogP contribution in [-0.4, -0.2) is 24.2 Å². The molecule has 2 heterocycles. The topological polar surface area (TPSA) is 72.5 Å². The predicted molar refractivity (Wildman–Crippen MR) is 81.3 cm³/mol. The van der Waals surface area contributed by atoms with Crippen molar-refractivity contribution in [2.24, 2.45) is 0 Å². The number of nitrogens with zero attached hydrogens (tertiary/aromatic N) is 1. The van der Waals surface area contributed by atoms with Crippen molar-refractivity contribution in [2.45, 2.75) is 6.29 Å². The fraction of sp³-hybridized carbons (Fsp3) is 0.125. The highest BCUT2D eigenvalue weighted by atomic mass is 16.7. The van der Waals surface area contributed by atoms with E-state index in [2.05, 4.69) is 15.8 Å². The van der Waals surface area contributed by atoms with Crippen LogP contribution in [0.3, 0.4) is 0 Å². The number of aromatic nitrogens is 1. The van der Waals surface area contributed by atoms with Gasteiger partial charge in [0.1, 0.15) is 11.6 Å². The van der Waals surface area contributed by atoms with Crippen molar-refractivity contribution in [1.82, 2.24) is 10.4 Å². The molecule has 112 valence electrons. The SMILES string of the molecule is COC1Oc2ccccc2C(=O)C1=CNNc1ccccn1. The van der Waals surface area contributed by atoms with Crippen molar-refractivity contribution in [3.05, 3.63) is 66.0 Å². The molecule has 1 atom stereocenters. The van der Waals surface area contributed by atoms with Crippen LogP contribution in [0.2, 0.25) is 0 Å². The van der Waals surface area contributed by atoms with E-state index in [1.807, 2.05) is 18.2 Å². The van der Waals surface area contributed by atoms with Crippen LogP contribution in [0.4, 0.5) is 5.82 Å². The average molecular weight is 297 g/mol. The van der Waals surface area contributed by atoms with E-state index in [9.17, 15) is 4.79 Å². The molecular weight excluding hydrogens is 282 g/mol. The lowest BCUT2D eigenvalue weighted by molar-refractivity contribution is -0.0285. The van der Waals surface area contributed by atoms with Gasteiger partial charge in [-0.2, -0.15) is 0 Å². The number of carbonyl (C=O) groups excluding carboxylic acids is 1. The Bertz CT molecular complexity index is 701. The molecule has 6 nitrogen and oxygen atoms in total. The van der Waals surface area contributed by atoms with E-state index in [1.165, 1.54) is 13.3 Å². The van der Waals surface area contributed by atoms with Gasteiger partial charge in [-0.3, -0.25) is 10.2 Å². The van der Waals surface area contributed by atoms with Crippen molar-refractivity contribution in [3.63, 3.8) is 0 Å². The number of benzene rings is 1. The monoisotopic (exact) mass is 297 g/mol. The minimum absolute atomic E-state index is 0.135. The quantitative estimate of drug-likeness (QED) is 0.665. The molecule has 0 saturated heterocycles. The average Bonchev–Trinajstić information content (AvgIpc) is 2.57. The van der Waals surface area contributed by atoms with Gasteiger partial charge in [0.05, 0.1) is 11.1 Å². The van der Waals surface area contributed by atoms with Crippen molar-refractivity contribution < 1.29 is 14.3 Å². The summed E-state index contributed by atoms with van der Waals surface area (Å²) in [4.78, 5) is 16.6. The fourth-order valence-electron chi connectivity index (χ4n) is 2.13. The number of carbonyl (C=O) groups is 1. The van der Waals surface area contributed by atoms with Crippen LogP contribution in [0.1, 0.15) is 10.4 Å². The molecule has 1 aromatic heterocycles. The summed E-state index contributed by atoms with van der Waals surface area (Å²) < 4.78 is 10.9. The van der Waals surface area contributed by atoms with Crippen LogP contribution in [0.25, 0.3) is 0 Å². The number of methoxy groups -OCH3 is 1. The third-order valence-electron chi connectivity index (χ3n) is 3.19. The van der Waals surface area contributed by atoms with Crippen LogP contribution in [0, 0.1) is 0 Å². The number of hydrogen-bond donors (Lipinski definition) is 2. The summed E-state index contributed by atoms with van der Waals surface area (Å²) in [5.41, 5.74) is 6.62. The maximum Gasteiger partial charge on any atom is 0.231 e. The number of fused-ring (bicyclic) bond motifs is 1. The summed E-state index contributed by atoms with van der Waals surface area (Å²) in [7, 11) is 1.49. The molecule has 2 N–H and O–H groups in total. The molecule has 1 unspecified atom stereocenters. The summed E-state index contributed by atoms with van der Waals surface area (Å²) in [6.07, 6.45) is 2.45. The number of pyridine rings is 1. The number of hydrogen-bond acceptors (Lipinski definition) is 6. The third kappa shape index (κ3) is 2.77. The van der Waals surface area contributed by atoms with Gasteiger partial charge in [0, 0.05) is 19.5 Å². The zero-order valence-electron chi connectivity index (χ0n) is 11.9. The van der Waals surface area contributed by atoms with Crippen LogP contribution >= 0.6 is 0 Å². The first-order valence-corrected chi connectivity index (χ1v) is 6.75. The standard InChI is InChI=1S/C16H15N3O3/c1-21-16-12(10-18-19-14-8-4-5-9-17-14)15(20)11-6-2-3-7-13(11)22-16/h2-10,16,18H,1H3,(H,17,19). The molecule has 3 rings (SSSR count). The second-order valence-electron chi connectivity index (χ2n) is 4.59. The summed E-state index contributed by atoms with van der Waals surface area (Å²) in [5.74, 6) is 1.02. The Kier molecular flexibility index (Phi) is 4.02. The largest absolute Gasteiger partial charge is 0.460 e. The van der Waals surface area contributed by atoms with Crippen LogP contribution in [-0.2, 0) is 4.74 Å². The number of ketones is 1. The minimum atomic E-state index is -0.750. The molecule has 0 fully saturated rings. The van der Waals surface area contributed by atoms with Crippen molar-refractivity contribution in [2.75, 3.05) is 12.5 Å². The molecule has 2 aromatic rings. The molecule has 1 aliphatic rings. The molecule has 0 spiro atoms. The Balaban J connectivity index is 1.79. The Hall–Kier alpha value is -2.86. The highest BCUT2D eigenvalue weighted by Gasteiger charge is 2.31. The normalized spacial score (nSPS) is 18.5. The smallest absolute Gasteiger partial charge is 0.231 e. The van der Waals surface area contributed by atoms with Gasteiger partial charge < -0.3 is 14.9 Å². The third-order valence-corrected chi connectivity index (χ3v) is 3.19. The van der Waals surface area contributed by atoms with Gasteiger partial charge in [-0.1, -0.05) is 18.2 Å².